The number of nitrogens with one attached hydrogen (secondary N) is 1. The molecule has 3 rings (SSSR count). The molecule has 132 valence electrons. The first-order valence-electron chi connectivity index (χ1n) is 8.20. The monoisotopic (exact) mass is 344 g/mol. The first-order chi connectivity index (χ1) is 11.5. The molecule has 1 aliphatic heterocycles. The number of hydrogen-bond acceptors (Lipinski definition) is 2. The average Bonchev–Trinajstić information content (AvgIpc) is 3.29. The third-order valence-electron chi connectivity index (χ3n) is 4.83. The minimum absolute atomic E-state index is 0.00981. The zero-order valence-corrected chi connectivity index (χ0v) is 13.2. The van der Waals surface area contributed by atoms with Crippen molar-refractivity contribution in [2.75, 3.05) is 19.6 Å². The van der Waals surface area contributed by atoms with E-state index in [1.165, 1.54) is 18.2 Å². The van der Waals surface area contributed by atoms with E-state index in [9.17, 15) is 22.4 Å². The molecule has 0 unspecified atom stereocenters. The molecule has 2 fully saturated rings. The molecule has 0 aromatic heterocycles. The van der Waals surface area contributed by atoms with Gasteiger partial charge in [0.2, 0.25) is 5.91 Å². The Hall–Kier alpha value is -1.63. The molecule has 1 heterocycles. The van der Waals surface area contributed by atoms with Crippen LogP contribution in [0.5, 0.6) is 0 Å². The van der Waals surface area contributed by atoms with E-state index in [0.29, 0.717) is 32.4 Å². The topological polar surface area (TPSA) is 32.3 Å². The van der Waals surface area contributed by atoms with Crippen molar-refractivity contribution < 1.29 is 22.4 Å². The molecule has 0 bridgehead atoms. The number of rotatable bonds is 5. The van der Waals surface area contributed by atoms with E-state index in [0.717, 1.165) is 0 Å². The number of carbonyl (C=O) groups is 1. The van der Waals surface area contributed by atoms with Crippen molar-refractivity contribution in [1.82, 2.24) is 10.2 Å². The number of benzene rings is 1. The van der Waals surface area contributed by atoms with Gasteiger partial charge in [0.05, 0.1) is 6.54 Å². The van der Waals surface area contributed by atoms with Crippen molar-refractivity contribution >= 4 is 5.91 Å². The molecule has 7 heteroatoms. The lowest BCUT2D eigenvalue weighted by Gasteiger charge is -2.32. The predicted molar refractivity (Wildman–Crippen MR) is 80.8 cm³/mol. The summed E-state index contributed by atoms with van der Waals surface area (Å²) in [5, 5.41) is 2.90. The van der Waals surface area contributed by atoms with Crippen LogP contribution in [-0.4, -0.2) is 42.9 Å². The lowest BCUT2D eigenvalue weighted by atomic mass is 10.0. The SMILES string of the molecule is O=C(NC1CCN(CC(F)F)CC1)[C@@H]1C[C@@H]1c1c(F)cccc1F. The Labute approximate surface area is 138 Å². The number of hydrogen-bond donors (Lipinski definition) is 1. The van der Waals surface area contributed by atoms with Gasteiger partial charge in [-0.15, -0.1) is 0 Å². The lowest BCUT2D eigenvalue weighted by molar-refractivity contribution is -0.123. The summed E-state index contributed by atoms with van der Waals surface area (Å²) in [6.45, 7) is 0.800. The molecule has 0 radical (unpaired) electrons. The number of amides is 1. The number of alkyl halides is 2. The van der Waals surface area contributed by atoms with E-state index in [-0.39, 0.29) is 24.1 Å². The summed E-state index contributed by atoms with van der Waals surface area (Å²) in [5.74, 6) is -2.25. The molecule has 2 aliphatic rings. The molecule has 1 aromatic rings. The third kappa shape index (κ3) is 3.88. The Morgan fingerprint density at radius 2 is 1.83 bits per heavy atom. The molecule has 1 aliphatic carbocycles. The highest BCUT2D eigenvalue weighted by atomic mass is 19.3. The fourth-order valence-corrected chi connectivity index (χ4v) is 3.43. The molecular formula is C17H20F4N2O. The molecule has 24 heavy (non-hydrogen) atoms. The van der Waals surface area contributed by atoms with Gasteiger partial charge in [0.1, 0.15) is 11.6 Å². The van der Waals surface area contributed by atoms with Gasteiger partial charge in [-0.25, -0.2) is 17.6 Å². The van der Waals surface area contributed by atoms with E-state index in [2.05, 4.69) is 5.32 Å². The van der Waals surface area contributed by atoms with Crippen LogP contribution >= 0.6 is 0 Å². The van der Waals surface area contributed by atoms with Gasteiger partial charge in [0.15, 0.2) is 0 Å². The Balaban J connectivity index is 1.49. The van der Waals surface area contributed by atoms with Gasteiger partial charge in [0.25, 0.3) is 6.43 Å². The summed E-state index contributed by atoms with van der Waals surface area (Å²) < 4.78 is 52.2. The van der Waals surface area contributed by atoms with Crippen LogP contribution in [0.3, 0.4) is 0 Å². The quantitative estimate of drug-likeness (QED) is 0.833. The van der Waals surface area contributed by atoms with Crippen LogP contribution in [0, 0.1) is 17.6 Å². The summed E-state index contributed by atoms with van der Waals surface area (Å²) in [6.07, 6.45) is -0.680. The smallest absolute Gasteiger partial charge is 0.251 e. The Kier molecular flexibility index (Phi) is 5.08. The van der Waals surface area contributed by atoms with Crippen LogP contribution in [0.15, 0.2) is 18.2 Å². The van der Waals surface area contributed by atoms with Crippen LogP contribution < -0.4 is 5.32 Å². The summed E-state index contributed by atoms with van der Waals surface area (Å²) in [4.78, 5) is 13.9. The van der Waals surface area contributed by atoms with E-state index < -0.39 is 29.9 Å². The maximum absolute atomic E-state index is 13.7. The highest BCUT2D eigenvalue weighted by molar-refractivity contribution is 5.83. The maximum Gasteiger partial charge on any atom is 0.251 e. The van der Waals surface area contributed by atoms with Crippen molar-refractivity contribution in [2.24, 2.45) is 5.92 Å². The van der Waals surface area contributed by atoms with Gasteiger partial charge in [-0.2, -0.15) is 0 Å². The van der Waals surface area contributed by atoms with Crippen molar-refractivity contribution in [3.05, 3.63) is 35.4 Å². The van der Waals surface area contributed by atoms with Gasteiger partial charge < -0.3 is 5.32 Å². The van der Waals surface area contributed by atoms with Crippen molar-refractivity contribution in [2.45, 2.75) is 37.6 Å². The summed E-state index contributed by atoms with van der Waals surface area (Å²) in [5.41, 5.74) is -0.00981. The second kappa shape index (κ2) is 7.09. The van der Waals surface area contributed by atoms with Crippen LogP contribution in [0.1, 0.15) is 30.7 Å². The number of carbonyl (C=O) groups excluding carboxylic acids is 1. The second-order valence-electron chi connectivity index (χ2n) is 6.56. The van der Waals surface area contributed by atoms with Gasteiger partial charge >= 0.3 is 0 Å². The summed E-state index contributed by atoms with van der Waals surface area (Å²) in [6, 6.07) is 3.64. The van der Waals surface area contributed by atoms with E-state index in [1.54, 1.807) is 4.90 Å². The number of piperidine rings is 1. The van der Waals surface area contributed by atoms with Crippen LogP contribution in [0.2, 0.25) is 0 Å². The van der Waals surface area contributed by atoms with Crippen LogP contribution in [0.4, 0.5) is 17.6 Å². The minimum Gasteiger partial charge on any atom is -0.353 e. The Morgan fingerprint density at radius 1 is 1.21 bits per heavy atom. The molecule has 1 aromatic carbocycles. The largest absolute Gasteiger partial charge is 0.353 e. The molecular weight excluding hydrogens is 324 g/mol. The van der Waals surface area contributed by atoms with E-state index >= 15 is 0 Å². The second-order valence-corrected chi connectivity index (χ2v) is 6.56. The molecule has 1 amide bonds. The fraction of sp³-hybridized carbons (Fsp3) is 0.588. The average molecular weight is 344 g/mol. The van der Waals surface area contributed by atoms with Gasteiger partial charge in [-0.3, -0.25) is 9.69 Å². The molecule has 0 spiro atoms. The Morgan fingerprint density at radius 3 is 2.42 bits per heavy atom. The van der Waals surface area contributed by atoms with Crippen molar-refractivity contribution in [1.29, 1.82) is 0 Å². The normalized spacial score (nSPS) is 25.0. The van der Waals surface area contributed by atoms with Gasteiger partial charge in [-0.05, 0) is 31.4 Å². The first-order valence-corrected chi connectivity index (χ1v) is 8.20. The molecule has 1 saturated carbocycles. The third-order valence-corrected chi connectivity index (χ3v) is 4.83. The minimum atomic E-state index is -2.35. The first kappa shape index (κ1) is 17.2. The number of likely N-dealkylation sites (tertiary alicyclic amines) is 1. The van der Waals surface area contributed by atoms with Crippen LogP contribution in [0.25, 0.3) is 0 Å². The Bertz CT molecular complexity index is 582. The lowest BCUT2D eigenvalue weighted by Crippen LogP contribution is -2.46. The van der Waals surface area contributed by atoms with Crippen molar-refractivity contribution in [3.8, 4) is 0 Å². The van der Waals surface area contributed by atoms with Crippen LogP contribution in [-0.2, 0) is 4.79 Å². The van der Waals surface area contributed by atoms with E-state index in [4.69, 9.17) is 0 Å². The highest BCUT2D eigenvalue weighted by Crippen LogP contribution is 2.49. The molecule has 1 saturated heterocycles. The molecule has 3 nitrogen and oxygen atoms in total. The van der Waals surface area contributed by atoms with E-state index in [1.807, 2.05) is 0 Å². The fourth-order valence-electron chi connectivity index (χ4n) is 3.43. The predicted octanol–water partition coefficient (Wildman–Crippen LogP) is 2.91. The highest BCUT2D eigenvalue weighted by Gasteiger charge is 2.47. The molecule has 1 N–H and O–H groups in total. The maximum atomic E-state index is 13.7. The zero-order valence-electron chi connectivity index (χ0n) is 13.2. The van der Waals surface area contributed by atoms with Gasteiger partial charge in [0, 0.05) is 36.5 Å². The summed E-state index contributed by atoms with van der Waals surface area (Å²) in [7, 11) is 0. The van der Waals surface area contributed by atoms with Crippen molar-refractivity contribution in [3.63, 3.8) is 0 Å². The zero-order chi connectivity index (χ0) is 17.3. The number of halogens is 4. The summed E-state index contributed by atoms with van der Waals surface area (Å²) >= 11 is 0. The molecule has 2 atom stereocenters. The van der Waals surface area contributed by atoms with Gasteiger partial charge in [-0.1, -0.05) is 6.07 Å². The standard InChI is InChI=1S/C17H20F4N2O/c18-13-2-1-3-14(19)16(13)11-8-12(11)17(24)22-10-4-6-23(7-5-10)9-15(20)21/h1-3,10-12,15H,4-9H2,(H,22,24)/t11-,12+/m0/s1. The number of nitrogens with zero attached hydrogens (tertiary/aromatic N) is 1.